The first-order valence-electron chi connectivity index (χ1n) is 6.97. The fourth-order valence-corrected chi connectivity index (χ4v) is 1.61. The van der Waals surface area contributed by atoms with Gasteiger partial charge in [-0.2, -0.15) is 13.2 Å². The Kier molecular flexibility index (Phi) is 7.53. The third-order valence-corrected chi connectivity index (χ3v) is 2.69. The highest BCUT2D eigenvalue weighted by Crippen LogP contribution is 2.19. The van der Waals surface area contributed by atoms with Crippen molar-refractivity contribution in [3.8, 4) is 5.75 Å². The molecule has 120 valence electrons. The number of halogens is 3. The van der Waals surface area contributed by atoms with Crippen LogP contribution in [0.1, 0.15) is 25.8 Å². The molecular formula is C15H22F3NO2. The molecular weight excluding hydrogens is 283 g/mol. The molecule has 0 aliphatic rings. The van der Waals surface area contributed by atoms with Crippen LogP contribution in [0.4, 0.5) is 13.2 Å². The average molecular weight is 305 g/mol. The van der Waals surface area contributed by atoms with E-state index in [1.54, 1.807) is 0 Å². The van der Waals surface area contributed by atoms with Gasteiger partial charge in [0.2, 0.25) is 0 Å². The van der Waals surface area contributed by atoms with E-state index in [-0.39, 0.29) is 19.8 Å². The van der Waals surface area contributed by atoms with Gasteiger partial charge in [-0.1, -0.05) is 32.0 Å². The summed E-state index contributed by atoms with van der Waals surface area (Å²) in [4.78, 5) is 0. The maximum Gasteiger partial charge on any atom is 0.391 e. The molecule has 0 amide bonds. The van der Waals surface area contributed by atoms with Crippen LogP contribution < -0.4 is 10.1 Å². The summed E-state index contributed by atoms with van der Waals surface area (Å²) in [6.07, 6.45) is -5.10. The van der Waals surface area contributed by atoms with Gasteiger partial charge < -0.3 is 14.8 Å². The molecule has 21 heavy (non-hydrogen) atoms. The van der Waals surface area contributed by atoms with E-state index in [9.17, 15) is 13.2 Å². The Balaban J connectivity index is 2.28. The molecule has 0 saturated heterocycles. The first-order chi connectivity index (χ1) is 9.88. The number of para-hydroxylation sites is 1. The highest BCUT2D eigenvalue weighted by molar-refractivity contribution is 5.33. The van der Waals surface area contributed by atoms with Crippen molar-refractivity contribution < 1.29 is 22.6 Å². The third kappa shape index (κ3) is 8.57. The monoisotopic (exact) mass is 305 g/mol. The lowest BCUT2D eigenvalue weighted by Gasteiger charge is -2.14. The smallest absolute Gasteiger partial charge is 0.391 e. The number of hydrogen-bond donors (Lipinski definition) is 1. The molecule has 1 aromatic rings. The summed E-state index contributed by atoms with van der Waals surface area (Å²) in [7, 11) is 0. The van der Waals surface area contributed by atoms with E-state index in [1.165, 1.54) is 0 Å². The van der Waals surface area contributed by atoms with Gasteiger partial charge in [0.1, 0.15) is 12.4 Å². The second kappa shape index (κ2) is 8.89. The zero-order chi connectivity index (χ0) is 15.7. The molecule has 0 unspecified atom stereocenters. The van der Waals surface area contributed by atoms with Crippen molar-refractivity contribution in [2.45, 2.75) is 39.0 Å². The predicted molar refractivity (Wildman–Crippen MR) is 75.4 cm³/mol. The zero-order valence-corrected chi connectivity index (χ0v) is 12.4. The minimum atomic E-state index is -4.17. The summed E-state index contributed by atoms with van der Waals surface area (Å²) in [5.74, 6) is 0.727. The molecule has 0 fully saturated rings. The lowest BCUT2D eigenvalue weighted by Crippen LogP contribution is -2.22. The molecule has 6 heteroatoms. The van der Waals surface area contributed by atoms with Gasteiger partial charge in [0.05, 0.1) is 19.6 Å². The second-order valence-electron chi connectivity index (χ2n) is 4.97. The van der Waals surface area contributed by atoms with Crippen LogP contribution >= 0.6 is 0 Å². The van der Waals surface area contributed by atoms with Crippen LogP contribution in [-0.2, 0) is 11.3 Å². The maximum absolute atomic E-state index is 11.9. The highest BCUT2D eigenvalue weighted by Gasteiger charge is 2.26. The summed E-state index contributed by atoms with van der Waals surface area (Å²) >= 11 is 0. The molecule has 1 rings (SSSR count). The van der Waals surface area contributed by atoms with E-state index in [4.69, 9.17) is 9.47 Å². The van der Waals surface area contributed by atoms with E-state index in [0.29, 0.717) is 12.6 Å². The van der Waals surface area contributed by atoms with E-state index in [0.717, 1.165) is 11.3 Å². The quantitative estimate of drug-likeness (QED) is 0.708. The van der Waals surface area contributed by atoms with E-state index in [1.807, 2.05) is 24.3 Å². The Labute approximate surface area is 123 Å². The lowest BCUT2D eigenvalue weighted by atomic mass is 10.2. The van der Waals surface area contributed by atoms with Crippen molar-refractivity contribution in [3.63, 3.8) is 0 Å². The first kappa shape index (κ1) is 17.8. The van der Waals surface area contributed by atoms with Gasteiger partial charge in [-0.3, -0.25) is 0 Å². The van der Waals surface area contributed by atoms with Crippen LogP contribution in [-0.4, -0.2) is 32.0 Å². The molecule has 0 aromatic heterocycles. The molecule has 0 radical (unpaired) electrons. The molecule has 1 aromatic carbocycles. The van der Waals surface area contributed by atoms with E-state index >= 15 is 0 Å². The van der Waals surface area contributed by atoms with Crippen LogP contribution in [0, 0.1) is 0 Å². The van der Waals surface area contributed by atoms with E-state index < -0.39 is 12.6 Å². The zero-order valence-electron chi connectivity index (χ0n) is 12.4. The largest absolute Gasteiger partial charge is 0.491 e. The summed E-state index contributed by atoms with van der Waals surface area (Å²) in [6, 6.07) is 7.94. The number of benzene rings is 1. The number of ether oxygens (including phenoxy) is 2. The Hall–Kier alpha value is -1.27. The molecule has 0 aliphatic carbocycles. The van der Waals surface area contributed by atoms with Gasteiger partial charge in [0.25, 0.3) is 0 Å². The van der Waals surface area contributed by atoms with Crippen molar-refractivity contribution >= 4 is 0 Å². The van der Waals surface area contributed by atoms with Gasteiger partial charge in [0, 0.05) is 18.2 Å². The Morgan fingerprint density at radius 3 is 2.48 bits per heavy atom. The van der Waals surface area contributed by atoms with Crippen LogP contribution in [0.5, 0.6) is 5.75 Å². The number of nitrogens with one attached hydrogen (secondary N) is 1. The van der Waals surface area contributed by atoms with Crippen molar-refractivity contribution in [2.75, 3.05) is 19.8 Å². The van der Waals surface area contributed by atoms with Crippen molar-refractivity contribution in [2.24, 2.45) is 0 Å². The summed E-state index contributed by atoms with van der Waals surface area (Å²) in [6.45, 7) is 4.83. The topological polar surface area (TPSA) is 30.5 Å². The fourth-order valence-electron chi connectivity index (χ4n) is 1.61. The van der Waals surface area contributed by atoms with Crippen LogP contribution in [0.3, 0.4) is 0 Å². The SMILES string of the molecule is CC(C)NCc1ccccc1OCCOCCC(F)(F)F. The summed E-state index contributed by atoms with van der Waals surface area (Å²) in [5.41, 5.74) is 1.02. The Bertz CT molecular complexity index is 408. The number of rotatable bonds is 9. The molecule has 0 aliphatic heterocycles. The van der Waals surface area contributed by atoms with Crippen molar-refractivity contribution in [1.29, 1.82) is 0 Å². The minimum absolute atomic E-state index is 0.141. The third-order valence-electron chi connectivity index (χ3n) is 2.69. The fraction of sp³-hybridized carbons (Fsp3) is 0.600. The van der Waals surface area contributed by atoms with Crippen LogP contribution in [0.15, 0.2) is 24.3 Å². The number of hydrogen-bond acceptors (Lipinski definition) is 3. The standard InChI is InChI=1S/C15H22F3NO2/c1-12(2)19-11-13-5-3-4-6-14(13)21-10-9-20-8-7-15(16,17)18/h3-6,12,19H,7-11H2,1-2H3. The Morgan fingerprint density at radius 1 is 1.10 bits per heavy atom. The van der Waals surface area contributed by atoms with Gasteiger partial charge in [-0.25, -0.2) is 0 Å². The Morgan fingerprint density at radius 2 is 1.81 bits per heavy atom. The molecule has 0 saturated carbocycles. The molecule has 0 bridgehead atoms. The summed E-state index contributed by atoms with van der Waals surface area (Å²) < 4.78 is 46.2. The lowest BCUT2D eigenvalue weighted by molar-refractivity contribution is -0.145. The second-order valence-corrected chi connectivity index (χ2v) is 4.97. The van der Waals surface area contributed by atoms with Crippen LogP contribution in [0.2, 0.25) is 0 Å². The van der Waals surface area contributed by atoms with Gasteiger partial charge in [-0.15, -0.1) is 0 Å². The summed E-state index contributed by atoms with van der Waals surface area (Å²) in [5, 5.41) is 3.29. The molecule has 0 heterocycles. The molecule has 0 atom stereocenters. The highest BCUT2D eigenvalue weighted by atomic mass is 19.4. The van der Waals surface area contributed by atoms with Gasteiger partial charge in [0.15, 0.2) is 0 Å². The first-order valence-corrected chi connectivity index (χ1v) is 6.97. The maximum atomic E-state index is 11.9. The van der Waals surface area contributed by atoms with Crippen molar-refractivity contribution in [1.82, 2.24) is 5.32 Å². The molecule has 3 nitrogen and oxygen atoms in total. The molecule has 1 N–H and O–H groups in total. The average Bonchev–Trinajstić information content (AvgIpc) is 2.40. The predicted octanol–water partition coefficient (Wildman–Crippen LogP) is 3.53. The minimum Gasteiger partial charge on any atom is -0.491 e. The van der Waals surface area contributed by atoms with Gasteiger partial charge in [-0.05, 0) is 6.07 Å². The molecule has 0 spiro atoms. The van der Waals surface area contributed by atoms with Crippen molar-refractivity contribution in [3.05, 3.63) is 29.8 Å². The van der Waals surface area contributed by atoms with Crippen LogP contribution in [0.25, 0.3) is 0 Å². The normalized spacial score (nSPS) is 11.9. The van der Waals surface area contributed by atoms with Gasteiger partial charge >= 0.3 is 6.18 Å². The number of alkyl halides is 3. The van der Waals surface area contributed by atoms with E-state index in [2.05, 4.69) is 19.2 Å².